The van der Waals surface area contributed by atoms with E-state index in [9.17, 15) is 22.4 Å². The largest absolute Gasteiger partial charge is 0.350 e. The third kappa shape index (κ3) is 7.58. The average molecular weight is 574 g/mol. The van der Waals surface area contributed by atoms with Crippen LogP contribution in [0.25, 0.3) is 0 Å². The van der Waals surface area contributed by atoms with Crippen molar-refractivity contribution in [3.63, 3.8) is 0 Å². The topological polar surface area (TPSA) is 86.8 Å². The van der Waals surface area contributed by atoms with Crippen LogP contribution in [0, 0.1) is 12.7 Å². The van der Waals surface area contributed by atoms with Crippen LogP contribution in [0.2, 0.25) is 5.02 Å². The van der Waals surface area contributed by atoms with Crippen LogP contribution in [0.15, 0.2) is 77.7 Å². The van der Waals surface area contributed by atoms with Crippen molar-refractivity contribution in [3.8, 4) is 0 Å². The summed E-state index contributed by atoms with van der Waals surface area (Å²) in [6.07, 6.45) is 0. The SMILES string of the molecule is Cc1ccccc1CN(C(=O)CN(c1ccc(F)c(Cl)c1)S(=O)(=O)c1ccccc1)[C@@H](C)C(=O)NC(C)(C)C. The van der Waals surface area contributed by atoms with E-state index in [1.807, 2.05) is 52.0 Å². The van der Waals surface area contributed by atoms with E-state index in [-0.39, 0.29) is 28.1 Å². The first kappa shape index (κ1) is 30.1. The van der Waals surface area contributed by atoms with Gasteiger partial charge in [0.25, 0.3) is 10.0 Å². The zero-order valence-electron chi connectivity index (χ0n) is 22.6. The van der Waals surface area contributed by atoms with E-state index in [0.29, 0.717) is 0 Å². The molecule has 0 aliphatic carbocycles. The van der Waals surface area contributed by atoms with Gasteiger partial charge in [0.05, 0.1) is 15.6 Å². The molecule has 1 N–H and O–H groups in total. The molecule has 0 heterocycles. The van der Waals surface area contributed by atoms with E-state index in [0.717, 1.165) is 27.6 Å². The van der Waals surface area contributed by atoms with E-state index in [2.05, 4.69) is 5.32 Å². The summed E-state index contributed by atoms with van der Waals surface area (Å²) < 4.78 is 42.3. The molecule has 3 aromatic carbocycles. The number of amides is 2. The predicted molar refractivity (Wildman–Crippen MR) is 151 cm³/mol. The lowest BCUT2D eigenvalue weighted by atomic mass is 10.1. The lowest BCUT2D eigenvalue weighted by Crippen LogP contribution is -2.54. The molecule has 2 amide bonds. The van der Waals surface area contributed by atoms with E-state index in [1.165, 1.54) is 23.1 Å². The molecule has 0 aromatic heterocycles. The van der Waals surface area contributed by atoms with Gasteiger partial charge in [-0.2, -0.15) is 0 Å². The van der Waals surface area contributed by atoms with Gasteiger partial charge in [-0.3, -0.25) is 13.9 Å². The fraction of sp³-hybridized carbons (Fsp3) is 0.310. The van der Waals surface area contributed by atoms with Crippen molar-refractivity contribution in [2.75, 3.05) is 10.8 Å². The van der Waals surface area contributed by atoms with Gasteiger partial charge in [0, 0.05) is 12.1 Å². The van der Waals surface area contributed by atoms with Crippen molar-refractivity contribution in [3.05, 3.63) is 94.8 Å². The summed E-state index contributed by atoms with van der Waals surface area (Å²) in [6.45, 7) is 8.42. The summed E-state index contributed by atoms with van der Waals surface area (Å²) >= 11 is 5.99. The Labute approximate surface area is 234 Å². The molecule has 39 heavy (non-hydrogen) atoms. The molecule has 0 aliphatic heterocycles. The zero-order chi connectivity index (χ0) is 29.0. The van der Waals surface area contributed by atoms with Crippen LogP contribution < -0.4 is 9.62 Å². The van der Waals surface area contributed by atoms with Crippen LogP contribution >= 0.6 is 11.6 Å². The molecule has 0 saturated heterocycles. The molecule has 0 bridgehead atoms. The van der Waals surface area contributed by atoms with Crippen molar-refractivity contribution < 1.29 is 22.4 Å². The van der Waals surface area contributed by atoms with Crippen molar-refractivity contribution in [1.82, 2.24) is 10.2 Å². The van der Waals surface area contributed by atoms with Crippen LogP contribution in [0.4, 0.5) is 10.1 Å². The van der Waals surface area contributed by atoms with Gasteiger partial charge in [0.1, 0.15) is 18.4 Å². The minimum absolute atomic E-state index is 0.0150. The lowest BCUT2D eigenvalue weighted by Gasteiger charge is -2.33. The van der Waals surface area contributed by atoms with Gasteiger partial charge in [-0.1, -0.05) is 54.1 Å². The van der Waals surface area contributed by atoms with Crippen LogP contribution in [0.1, 0.15) is 38.8 Å². The van der Waals surface area contributed by atoms with Gasteiger partial charge in [-0.25, -0.2) is 12.8 Å². The number of hydrogen-bond acceptors (Lipinski definition) is 4. The standard InChI is InChI=1S/C29H33ClFN3O4S/c1-20-11-9-10-12-22(20)18-33(21(2)28(36)32-29(3,4)5)27(35)19-34(23-15-16-26(31)25(30)17-23)39(37,38)24-13-7-6-8-14-24/h6-17,21H,18-19H2,1-5H3,(H,32,36)/t21-/m0/s1. The first-order chi connectivity index (χ1) is 18.2. The molecule has 0 spiro atoms. The second-order valence-corrected chi connectivity index (χ2v) is 12.6. The molecule has 3 aromatic rings. The highest BCUT2D eigenvalue weighted by Gasteiger charge is 2.33. The first-order valence-corrected chi connectivity index (χ1v) is 14.2. The summed E-state index contributed by atoms with van der Waals surface area (Å²) in [5.74, 6) is -1.72. The summed E-state index contributed by atoms with van der Waals surface area (Å²) in [5.41, 5.74) is 1.19. The third-order valence-corrected chi connectivity index (χ3v) is 8.15. The molecule has 1 atom stereocenters. The number of halogens is 2. The number of carbonyl (C=O) groups excluding carboxylic acids is 2. The van der Waals surface area contributed by atoms with Crippen LogP contribution in [0.5, 0.6) is 0 Å². The van der Waals surface area contributed by atoms with Gasteiger partial charge in [0.15, 0.2) is 0 Å². The molecule has 0 saturated carbocycles. The van der Waals surface area contributed by atoms with Crippen LogP contribution in [-0.2, 0) is 26.2 Å². The van der Waals surface area contributed by atoms with E-state index in [1.54, 1.807) is 25.1 Å². The minimum Gasteiger partial charge on any atom is -0.350 e. The number of benzene rings is 3. The summed E-state index contributed by atoms with van der Waals surface area (Å²) in [6, 6.07) is 17.6. The van der Waals surface area contributed by atoms with Crippen molar-refractivity contribution >= 4 is 39.1 Å². The van der Waals surface area contributed by atoms with Gasteiger partial charge in [-0.05, 0) is 76.1 Å². The normalized spacial score (nSPS) is 12.5. The molecule has 10 heteroatoms. The summed E-state index contributed by atoms with van der Waals surface area (Å²) in [5, 5.41) is 2.60. The highest BCUT2D eigenvalue weighted by molar-refractivity contribution is 7.92. The van der Waals surface area contributed by atoms with E-state index in [4.69, 9.17) is 11.6 Å². The first-order valence-electron chi connectivity index (χ1n) is 12.4. The maximum absolute atomic E-state index is 14.0. The molecular weight excluding hydrogens is 541 g/mol. The quantitative estimate of drug-likeness (QED) is 0.376. The highest BCUT2D eigenvalue weighted by atomic mass is 35.5. The lowest BCUT2D eigenvalue weighted by molar-refractivity contribution is -0.140. The van der Waals surface area contributed by atoms with Gasteiger partial charge >= 0.3 is 0 Å². The Morgan fingerprint density at radius 1 is 1.00 bits per heavy atom. The zero-order valence-corrected chi connectivity index (χ0v) is 24.2. The summed E-state index contributed by atoms with van der Waals surface area (Å²) in [4.78, 5) is 28.4. The molecular formula is C29H33ClFN3O4S. The van der Waals surface area contributed by atoms with E-state index < -0.39 is 39.9 Å². The fourth-order valence-electron chi connectivity index (χ4n) is 3.92. The molecule has 0 aliphatic rings. The Morgan fingerprint density at radius 2 is 1.62 bits per heavy atom. The predicted octanol–water partition coefficient (Wildman–Crippen LogP) is 5.31. The number of aryl methyl sites for hydroxylation is 1. The Hall–Kier alpha value is -3.43. The second kappa shape index (κ2) is 12.2. The third-order valence-electron chi connectivity index (χ3n) is 6.07. The molecule has 0 unspecified atom stereocenters. The van der Waals surface area contributed by atoms with Gasteiger partial charge < -0.3 is 10.2 Å². The van der Waals surface area contributed by atoms with Crippen LogP contribution in [0.3, 0.4) is 0 Å². The maximum atomic E-state index is 14.0. The monoisotopic (exact) mass is 573 g/mol. The van der Waals surface area contributed by atoms with E-state index >= 15 is 0 Å². The number of nitrogens with one attached hydrogen (secondary N) is 1. The smallest absolute Gasteiger partial charge is 0.264 e. The average Bonchev–Trinajstić information content (AvgIpc) is 2.87. The summed E-state index contributed by atoms with van der Waals surface area (Å²) in [7, 11) is -4.26. The molecule has 0 fully saturated rings. The number of anilines is 1. The fourth-order valence-corrected chi connectivity index (χ4v) is 5.52. The Balaban J connectivity index is 2.06. The van der Waals surface area contributed by atoms with Gasteiger partial charge in [0.2, 0.25) is 11.8 Å². The molecule has 3 rings (SSSR count). The minimum atomic E-state index is -4.26. The molecule has 0 radical (unpaired) electrons. The van der Waals surface area contributed by atoms with Crippen molar-refractivity contribution in [2.24, 2.45) is 0 Å². The number of carbonyl (C=O) groups is 2. The second-order valence-electron chi connectivity index (χ2n) is 10.3. The Bertz CT molecular complexity index is 1440. The number of hydrogen-bond donors (Lipinski definition) is 1. The maximum Gasteiger partial charge on any atom is 0.264 e. The van der Waals surface area contributed by atoms with Gasteiger partial charge in [-0.15, -0.1) is 0 Å². The number of sulfonamides is 1. The molecule has 208 valence electrons. The Morgan fingerprint density at radius 3 is 2.21 bits per heavy atom. The Kier molecular flexibility index (Phi) is 9.40. The number of nitrogens with zero attached hydrogens (tertiary/aromatic N) is 2. The number of rotatable bonds is 9. The van der Waals surface area contributed by atoms with Crippen LogP contribution in [-0.4, -0.2) is 43.3 Å². The van der Waals surface area contributed by atoms with Crippen molar-refractivity contribution in [1.29, 1.82) is 0 Å². The highest BCUT2D eigenvalue weighted by Crippen LogP contribution is 2.28. The van der Waals surface area contributed by atoms with Crippen molar-refractivity contribution in [2.45, 2.75) is 57.6 Å². The molecule has 7 nitrogen and oxygen atoms in total.